The minimum Gasteiger partial charge on any atom is -0.277 e. The van der Waals surface area contributed by atoms with E-state index in [1.807, 2.05) is 25.3 Å². The maximum atomic E-state index is 12.4. The van der Waals surface area contributed by atoms with E-state index in [0.717, 1.165) is 10.5 Å². The van der Waals surface area contributed by atoms with E-state index in [0.29, 0.717) is 17.9 Å². The molecule has 1 saturated heterocycles. The molecule has 0 bridgehead atoms. The smallest absolute Gasteiger partial charge is 0.277 e. The Kier molecular flexibility index (Phi) is 4.44. The Balaban J connectivity index is 2.27. The molecular weight excluding hydrogens is 276 g/mol. The zero-order chi connectivity index (χ0) is 14.7. The quantitative estimate of drug-likeness (QED) is 0.855. The molecule has 2 rings (SSSR count). The first-order valence-corrected chi connectivity index (χ1v) is 7.65. The molecule has 0 aliphatic carbocycles. The number of hydrogen-bond acceptors (Lipinski definition) is 4. The van der Waals surface area contributed by atoms with Crippen molar-refractivity contribution in [2.75, 3.05) is 18.6 Å². The molecule has 0 radical (unpaired) electrons. The second-order valence-corrected chi connectivity index (χ2v) is 5.61. The highest BCUT2D eigenvalue weighted by Gasteiger charge is 2.40. The number of thioether (sulfide) groups is 1. The van der Waals surface area contributed by atoms with Crippen LogP contribution < -0.4 is 5.32 Å². The molecular formula is C14H16N2O3S. The van der Waals surface area contributed by atoms with E-state index in [1.54, 1.807) is 23.9 Å². The number of urea groups is 1. The Morgan fingerprint density at radius 2 is 1.85 bits per heavy atom. The summed E-state index contributed by atoms with van der Waals surface area (Å²) in [5.41, 5.74) is 1.66. The Bertz CT molecular complexity index is 542. The fourth-order valence-electron chi connectivity index (χ4n) is 2.06. The SMILES string of the molecule is CSCCN1C(=O)NC(=O)C(c2ccc(C)cc2)C1=O. The van der Waals surface area contributed by atoms with Gasteiger partial charge < -0.3 is 0 Å². The van der Waals surface area contributed by atoms with Gasteiger partial charge in [-0.1, -0.05) is 29.8 Å². The van der Waals surface area contributed by atoms with Crippen LogP contribution in [0.5, 0.6) is 0 Å². The van der Waals surface area contributed by atoms with Crippen LogP contribution in [0.3, 0.4) is 0 Å². The summed E-state index contributed by atoms with van der Waals surface area (Å²) in [5.74, 6) is -1.29. The van der Waals surface area contributed by atoms with Gasteiger partial charge in [-0.25, -0.2) is 4.79 Å². The van der Waals surface area contributed by atoms with Crippen LogP contribution in [0, 0.1) is 6.92 Å². The van der Waals surface area contributed by atoms with Crippen molar-refractivity contribution < 1.29 is 14.4 Å². The van der Waals surface area contributed by atoms with Crippen molar-refractivity contribution in [1.29, 1.82) is 0 Å². The monoisotopic (exact) mass is 292 g/mol. The van der Waals surface area contributed by atoms with Gasteiger partial charge in [-0.15, -0.1) is 0 Å². The van der Waals surface area contributed by atoms with Crippen molar-refractivity contribution in [3.63, 3.8) is 0 Å². The molecule has 1 atom stereocenters. The maximum Gasteiger partial charge on any atom is 0.330 e. The molecule has 1 unspecified atom stereocenters. The lowest BCUT2D eigenvalue weighted by atomic mass is 9.94. The number of barbiturate groups is 1. The second kappa shape index (κ2) is 6.09. The molecule has 1 fully saturated rings. The normalized spacial score (nSPS) is 19.2. The Morgan fingerprint density at radius 1 is 1.20 bits per heavy atom. The van der Waals surface area contributed by atoms with Crippen molar-refractivity contribution in [2.45, 2.75) is 12.8 Å². The molecule has 4 amide bonds. The van der Waals surface area contributed by atoms with Crippen LogP contribution in [-0.2, 0) is 9.59 Å². The number of aryl methyl sites for hydroxylation is 1. The zero-order valence-corrected chi connectivity index (χ0v) is 12.2. The minimum atomic E-state index is -0.935. The average Bonchev–Trinajstić information content (AvgIpc) is 2.40. The summed E-state index contributed by atoms with van der Waals surface area (Å²) < 4.78 is 0. The van der Waals surface area contributed by atoms with Crippen LogP contribution in [0.25, 0.3) is 0 Å². The van der Waals surface area contributed by atoms with E-state index in [1.165, 1.54) is 0 Å². The lowest BCUT2D eigenvalue weighted by Gasteiger charge is -2.30. The van der Waals surface area contributed by atoms with Gasteiger partial charge in [-0.3, -0.25) is 19.8 Å². The van der Waals surface area contributed by atoms with Crippen LogP contribution in [-0.4, -0.2) is 41.3 Å². The van der Waals surface area contributed by atoms with E-state index in [9.17, 15) is 14.4 Å². The lowest BCUT2D eigenvalue weighted by Crippen LogP contribution is -2.57. The third kappa shape index (κ3) is 2.85. The molecule has 0 spiro atoms. The highest BCUT2D eigenvalue weighted by molar-refractivity contribution is 7.98. The molecule has 106 valence electrons. The van der Waals surface area contributed by atoms with Crippen LogP contribution in [0.1, 0.15) is 17.0 Å². The Morgan fingerprint density at radius 3 is 2.45 bits per heavy atom. The number of hydrogen-bond donors (Lipinski definition) is 1. The number of nitrogens with one attached hydrogen (secondary N) is 1. The summed E-state index contributed by atoms with van der Waals surface area (Å²) in [6.45, 7) is 2.24. The molecule has 1 aromatic rings. The molecule has 6 heteroatoms. The van der Waals surface area contributed by atoms with Gasteiger partial charge in [0.1, 0.15) is 5.92 Å². The van der Waals surface area contributed by atoms with Gasteiger partial charge in [-0.2, -0.15) is 11.8 Å². The largest absolute Gasteiger partial charge is 0.330 e. The molecule has 1 N–H and O–H groups in total. The highest BCUT2D eigenvalue weighted by Crippen LogP contribution is 2.23. The lowest BCUT2D eigenvalue weighted by molar-refractivity contribution is -0.138. The van der Waals surface area contributed by atoms with Gasteiger partial charge in [0.05, 0.1) is 0 Å². The number of carbonyl (C=O) groups excluding carboxylic acids is 3. The fraction of sp³-hybridized carbons (Fsp3) is 0.357. The minimum absolute atomic E-state index is 0.307. The average molecular weight is 292 g/mol. The third-order valence-corrected chi connectivity index (χ3v) is 3.77. The molecule has 1 aromatic carbocycles. The Hall–Kier alpha value is -1.82. The summed E-state index contributed by atoms with van der Waals surface area (Å²) in [5, 5.41) is 2.25. The molecule has 5 nitrogen and oxygen atoms in total. The first kappa shape index (κ1) is 14.6. The standard InChI is InChI=1S/C14H16N2O3S/c1-9-3-5-10(6-4-9)11-12(17)15-14(19)16(13(11)18)7-8-20-2/h3-6,11H,7-8H2,1-2H3,(H,15,17,19). The van der Waals surface area contributed by atoms with Crippen LogP contribution in [0.15, 0.2) is 24.3 Å². The highest BCUT2D eigenvalue weighted by atomic mass is 32.2. The number of carbonyl (C=O) groups is 3. The molecule has 0 saturated carbocycles. The van der Waals surface area contributed by atoms with Crippen molar-refractivity contribution in [2.24, 2.45) is 0 Å². The van der Waals surface area contributed by atoms with Crippen LogP contribution >= 0.6 is 11.8 Å². The topological polar surface area (TPSA) is 66.5 Å². The van der Waals surface area contributed by atoms with Crippen molar-refractivity contribution >= 4 is 29.6 Å². The zero-order valence-electron chi connectivity index (χ0n) is 11.4. The number of amides is 4. The van der Waals surface area contributed by atoms with Gasteiger partial charge in [0.15, 0.2) is 0 Å². The second-order valence-electron chi connectivity index (χ2n) is 4.62. The number of benzene rings is 1. The Labute approximate surface area is 121 Å². The van der Waals surface area contributed by atoms with E-state index in [-0.39, 0.29) is 0 Å². The van der Waals surface area contributed by atoms with E-state index >= 15 is 0 Å². The molecule has 1 heterocycles. The molecule has 0 aromatic heterocycles. The van der Waals surface area contributed by atoms with Gasteiger partial charge >= 0.3 is 6.03 Å². The molecule has 1 aliphatic rings. The summed E-state index contributed by atoms with van der Waals surface area (Å²) in [7, 11) is 0. The van der Waals surface area contributed by atoms with Gasteiger partial charge in [0.2, 0.25) is 11.8 Å². The number of imide groups is 2. The maximum absolute atomic E-state index is 12.4. The first-order valence-electron chi connectivity index (χ1n) is 6.26. The predicted octanol–water partition coefficient (Wildman–Crippen LogP) is 1.52. The van der Waals surface area contributed by atoms with E-state index in [2.05, 4.69) is 5.32 Å². The summed E-state index contributed by atoms with van der Waals surface area (Å²) in [6, 6.07) is 6.56. The van der Waals surface area contributed by atoms with Gasteiger partial charge in [0, 0.05) is 12.3 Å². The summed E-state index contributed by atoms with van der Waals surface area (Å²) in [4.78, 5) is 37.1. The van der Waals surface area contributed by atoms with E-state index < -0.39 is 23.8 Å². The fourth-order valence-corrected chi connectivity index (χ4v) is 2.43. The number of rotatable bonds is 4. The van der Waals surface area contributed by atoms with Gasteiger partial charge in [0.25, 0.3) is 0 Å². The molecule has 20 heavy (non-hydrogen) atoms. The van der Waals surface area contributed by atoms with Crippen molar-refractivity contribution in [3.05, 3.63) is 35.4 Å². The van der Waals surface area contributed by atoms with E-state index in [4.69, 9.17) is 0 Å². The van der Waals surface area contributed by atoms with Crippen LogP contribution in [0.2, 0.25) is 0 Å². The van der Waals surface area contributed by atoms with Crippen molar-refractivity contribution in [1.82, 2.24) is 10.2 Å². The van der Waals surface area contributed by atoms with Crippen molar-refractivity contribution in [3.8, 4) is 0 Å². The summed E-state index contributed by atoms with van der Waals surface area (Å²) >= 11 is 1.54. The number of nitrogens with zero attached hydrogens (tertiary/aromatic N) is 1. The summed E-state index contributed by atoms with van der Waals surface area (Å²) in [6.07, 6.45) is 1.90. The third-order valence-electron chi connectivity index (χ3n) is 3.18. The first-order chi connectivity index (χ1) is 9.54. The molecule has 1 aliphatic heterocycles. The van der Waals surface area contributed by atoms with Crippen LogP contribution in [0.4, 0.5) is 4.79 Å². The predicted molar refractivity (Wildman–Crippen MR) is 77.6 cm³/mol. The van der Waals surface area contributed by atoms with Gasteiger partial charge in [-0.05, 0) is 18.7 Å².